The highest BCUT2D eigenvalue weighted by Crippen LogP contribution is 2.22. The summed E-state index contributed by atoms with van der Waals surface area (Å²) in [7, 11) is 0. The fraction of sp³-hybridized carbons (Fsp3) is 0. The van der Waals surface area contributed by atoms with E-state index < -0.39 is 0 Å². The van der Waals surface area contributed by atoms with Gasteiger partial charge in [-0.25, -0.2) is 0 Å². The zero-order valence-electron chi connectivity index (χ0n) is 8.44. The molecule has 1 N–H and O–H groups in total. The maximum absolute atomic E-state index is 8.93. The lowest BCUT2D eigenvalue weighted by Gasteiger charge is -2.07. The van der Waals surface area contributed by atoms with Crippen LogP contribution in [0.25, 0.3) is 0 Å². The standard InChI is InChI=1S/C13H9ClN2/c14-11-5-3-6-12(8-11)16-13-7-2-1-4-10(13)9-15/h1-8,16H. The van der Waals surface area contributed by atoms with Crippen LogP contribution in [-0.4, -0.2) is 0 Å². The van der Waals surface area contributed by atoms with Gasteiger partial charge < -0.3 is 5.32 Å². The minimum atomic E-state index is 0.613. The van der Waals surface area contributed by atoms with Gasteiger partial charge >= 0.3 is 0 Å². The average Bonchev–Trinajstić information content (AvgIpc) is 2.30. The number of halogens is 1. The van der Waals surface area contributed by atoms with E-state index in [1.54, 1.807) is 6.07 Å². The van der Waals surface area contributed by atoms with Gasteiger partial charge in [-0.1, -0.05) is 29.8 Å². The van der Waals surface area contributed by atoms with E-state index in [0.29, 0.717) is 10.6 Å². The Morgan fingerprint density at radius 3 is 2.62 bits per heavy atom. The SMILES string of the molecule is N#Cc1ccccc1Nc1cccc(Cl)c1. The molecule has 0 aliphatic carbocycles. The van der Waals surface area contributed by atoms with Crippen LogP contribution in [0.4, 0.5) is 11.4 Å². The van der Waals surface area contributed by atoms with Crippen molar-refractivity contribution in [3.63, 3.8) is 0 Å². The highest BCUT2D eigenvalue weighted by atomic mass is 35.5. The molecular weight excluding hydrogens is 220 g/mol. The molecule has 16 heavy (non-hydrogen) atoms. The van der Waals surface area contributed by atoms with Gasteiger partial charge in [-0.05, 0) is 30.3 Å². The molecule has 0 radical (unpaired) electrons. The fourth-order valence-electron chi connectivity index (χ4n) is 1.41. The Hall–Kier alpha value is -1.98. The first-order chi connectivity index (χ1) is 7.79. The number of rotatable bonds is 2. The van der Waals surface area contributed by atoms with Crippen LogP contribution in [-0.2, 0) is 0 Å². The molecule has 2 aromatic carbocycles. The van der Waals surface area contributed by atoms with Crippen LogP contribution in [0.15, 0.2) is 48.5 Å². The Labute approximate surface area is 99.1 Å². The summed E-state index contributed by atoms with van der Waals surface area (Å²) in [4.78, 5) is 0. The maximum atomic E-state index is 8.93. The maximum Gasteiger partial charge on any atom is 0.101 e. The zero-order valence-corrected chi connectivity index (χ0v) is 9.20. The number of hydrogen-bond donors (Lipinski definition) is 1. The van der Waals surface area contributed by atoms with E-state index in [1.807, 2.05) is 42.5 Å². The molecule has 78 valence electrons. The van der Waals surface area contributed by atoms with Gasteiger partial charge in [0.25, 0.3) is 0 Å². The van der Waals surface area contributed by atoms with Gasteiger partial charge in [0.1, 0.15) is 6.07 Å². The van der Waals surface area contributed by atoms with Crippen molar-refractivity contribution in [3.8, 4) is 6.07 Å². The van der Waals surface area contributed by atoms with E-state index in [4.69, 9.17) is 16.9 Å². The van der Waals surface area contributed by atoms with Gasteiger partial charge in [-0.2, -0.15) is 5.26 Å². The second-order valence-corrected chi connectivity index (χ2v) is 3.73. The smallest absolute Gasteiger partial charge is 0.101 e. The number of nitrogens with zero attached hydrogens (tertiary/aromatic N) is 1. The minimum absolute atomic E-state index is 0.613. The number of nitrogens with one attached hydrogen (secondary N) is 1. The van der Waals surface area contributed by atoms with Crippen molar-refractivity contribution >= 4 is 23.0 Å². The Morgan fingerprint density at radius 2 is 1.88 bits per heavy atom. The summed E-state index contributed by atoms with van der Waals surface area (Å²) in [5, 5.41) is 12.8. The van der Waals surface area contributed by atoms with E-state index in [2.05, 4.69) is 11.4 Å². The molecule has 3 heteroatoms. The molecule has 0 spiro atoms. The minimum Gasteiger partial charge on any atom is -0.354 e. The second kappa shape index (κ2) is 4.69. The quantitative estimate of drug-likeness (QED) is 0.845. The number of hydrogen-bond acceptors (Lipinski definition) is 2. The Bertz CT molecular complexity index is 544. The predicted molar refractivity (Wildman–Crippen MR) is 65.9 cm³/mol. The molecule has 0 aromatic heterocycles. The van der Waals surface area contributed by atoms with E-state index in [-0.39, 0.29) is 0 Å². The van der Waals surface area contributed by atoms with Crippen molar-refractivity contribution in [2.75, 3.05) is 5.32 Å². The van der Waals surface area contributed by atoms with Gasteiger partial charge in [0.05, 0.1) is 11.3 Å². The molecule has 0 unspecified atom stereocenters. The van der Waals surface area contributed by atoms with Crippen molar-refractivity contribution in [1.82, 2.24) is 0 Å². The number of anilines is 2. The zero-order chi connectivity index (χ0) is 11.4. The van der Waals surface area contributed by atoms with E-state index >= 15 is 0 Å². The van der Waals surface area contributed by atoms with Crippen LogP contribution < -0.4 is 5.32 Å². The van der Waals surface area contributed by atoms with Crippen LogP contribution in [0.1, 0.15) is 5.56 Å². The molecule has 2 nitrogen and oxygen atoms in total. The van der Waals surface area contributed by atoms with Gasteiger partial charge in [0.2, 0.25) is 0 Å². The topological polar surface area (TPSA) is 35.8 Å². The number of para-hydroxylation sites is 1. The molecule has 0 fully saturated rings. The lowest BCUT2D eigenvalue weighted by molar-refractivity contribution is 1.46. The Balaban J connectivity index is 2.31. The van der Waals surface area contributed by atoms with Gasteiger partial charge in [0, 0.05) is 10.7 Å². The van der Waals surface area contributed by atoms with E-state index in [0.717, 1.165) is 11.4 Å². The van der Waals surface area contributed by atoms with Gasteiger partial charge in [-0.3, -0.25) is 0 Å². The van der Waals surface area contributed by atoms with E-state index in [1.165, 1.54) is 0 Å². The average molecular weight is 229 g/mol. The summed E-state index contributed by atoms with van der Waals surface area (Å²) in [5.41, 5.74) is 2.27. The molecule has 0 bridgehead atoms. The van der Waals surface area contributed by atoms with Crippen molar-refractivity contribution < 1.29 is 0 Å². The summed E-state index contributed by atoms with van der Waals surface area (Å²) >= 11 is 5.88. The van der Waals surface area contributed by atoms with Crippen molar-refractivity contribution in [2.45, 2.75) is 0 Å². The molecule has 0 aliphatic heterocycles. The molecule has 2 rings (SSSR count). The monoisotopic (exact) mass is 228 g/mol. The van der Waals surface area contributed by atoms with Gasteiger partial charge in [0.15, 0.2) is 0 Å². The summed E-state index contributed by atoms with van der Waals surface area (Å²) in [6.45, 7) is 0. The fourth-order valence-corrected chi connectivity index (χ4v) is 1.60. The normalized spacial score (nSPS) is 9.50. The third kappa shape index (κ3) is 2.33. The lowest BCUT2D eigenvalue weighted by atomic mass is 10.2. The van der Waals surface area contributed by atoms with Crippen molar-refractivity contribution in [2.24, 2.45) is 0 Å². The highest BCUT2D eigenvalue weighted by Gasteiger charge is 2.00. The molecule has 0 heterocycles. The molecule has 0 aliphatic rings. The highest BCUT2D eigenvalue weighted by molar-refractivity contribution is 6.30. The second-order valence-electron chi connectivity index (χ2n) is 3.29. The van der Waals surface area contributed by atoms with Crippen LogP contribution >= 0.6 is 11.6 Å². The van der Waals surface area contributed by atoms with Crippen molar-refractivity contribution in [3.05, 3.63) is 59.1 Å². The Kier molecular flexibility index (Phi) is 3.09. The summed E-state index contributed by atoms with van der Waals surface area (Å²) in [6, 6.07) is 16.9. The largest absolute Gasteiger partial charge is 0.354 e. The number of nitriles is 1. The molecular formula is C13H9ClN2. The summed E-state index contributed by atoms with van der Waals surface area (Å²) < 4.78 is 0. The number of benzene rings is 2. The Morgan fingerprint density at radius 1 is 1.06 bits per heavy atom. The molecule has 0 saturated heterocycles. The van der Waals surface area contributed by atoms with E-state index in [9.17, 15) is 0 Å². The first kappa shape index (κ1) is 10.5. The summed E-state index contributed by atoms with van der Waals surface area (Å²) in [5.74, 6) is 0. The molecule has 2 aromatic rings. The molecule has 0 atom stereocenters. The third-order valence-electron chi connectivity index (χ3n) is 2.15. The molecule has 0 amide bonds. The first-order valence-corrected chi connectivity index (χ1v) is 5.19. The predicted octanol–water partition coefficient (Wildman–Crippen LogP) is 3.96. The van der Waals surface area contributed by atoms with Crippen molar-refractivity contribution in [1.29, 1.82) is 5.26 Å². The molecule has 0 saturated carbocycles. The van der Waals surface area contributed by atoms with Crippen LogP contribution in [0.3, 0.4) is 0 Å². The third-order valence-corrected chi connectivity index (χ3v) is 2.39. The van der Waals surface area contributed by atoms with Gasteiger partial charge in [-0.15, -0.1) is 0 Å². The van der Waals surface area contributed by atoms with Crippen LogP contribution in [0, 0.1) is 11.3 Å². The summed E-state index contributed by atoms with van der Waals surface area (Å²) in [6.07, 6.45) is 0. The lowest BCUT2D eigenvalue weighted by Crippen LogP contribution is -1.92. The van der Waals surface area contributed by atoms with Crippen LogP contribution in [0.2, 0.25) is 5.02 Å². The first-order valence-electron chi connectivity index (χ1n) is 4.81. The van der Waals surface area contributed by atoms with Crippen LogP contribution in [0.5, 0.6) is 0 Å².